The number of carbonyl (C=O) groups is 1. The number of sulfonamides is 1. The van der Waals surface area contributed by atoms with Crippen LogP contribution < -0.4 is 4.72 Å². The number of carbonyl (C=O) groups excluding carboxylic acids is 1. The molecule has 1 aliphatic rings. The molecule has 1 aliphatic heterocycles. The normalized spacial score (nSPS) is 18.8. The third kappa shape index (κ3) is 5.79. The van der Waals surface area contributed by atoms with Crippen molar-refractivity contribution in [1.29, 1.82) is 0 Å². The number of likely N-dealkylation sites (tertiary alicyclic amines) is 1. The first-order chi connectivity index (χ1) is 12.5. The van der Waals surface area contributed by atoms with Gasteiger partial charge in [0.15, 0.2) is 0 Å². The highest BCUT2D eigenvalue weighted by molar-refractivity contribution is 7.89. The van der Waals surface area contributed by atoms with Gasteiger partial charge in [0.05, 0.1) is 18.9 Å². The molecule has 0 spiro atoms. The quantitative estimate of drug-likeness (QED) is 0.629. The van der Waals surface area contributed by atoms with Crippen LogP contribution in [0.2, 0.25) is 0 Å². The molecule has 0 aromatic heterocycles. The number of hydrogen-bond acceptors (Lipinski definition) is 4. The van der Waals surface area contributed by atoms with Gasteiger partial charge in [-0.1, -0.05) is 37.3 Å². The van der Waals surface area contributed by atoms with Crippen LogP contribution in [0.25, 0.3) is 0 Å². The van der Waals surface area contributed by atoms with Gasteiger partial charge in [0.1, 0.15) is 0 Å². The Hall–Kier alpha value is -1.44. The van der Waals surface area contributed by atoms with E-state index in [0.717, 1.165) is 19.3 Å². The van der Waals surface area contributed by atoms with E-state index in [1.165, 1.54) is 5.56 Å². The first-order valence-electron chi connectivity index (χ1n) is 9.38. The van der Waals surface area contributed by atoms with E-state index in [1.54, 1.807) is 0 Å². The summed E-state index contributed by atoms with van der Waals surface area (Å²) in [6, 6.07) is 10.4. The number of amides is 1. The molecule has 1 aromatic carbocycles. The van der Waals surface area contributed by atoms with E-state index >= 15 is 0 Å². The third-order valence-electron chi connectivity index (χ3n) is 4.90. The van der Waals surface area contributed by atoms with Gasteiger partial charge in [-0.25, -0.2) is 13.1 Å². The van der Waals surface area contributed by atoms with E-state index < -0.39 is 10.0 Å². The SMILES string of the molecule is CCOCCS(=O)(=O)NCC(=O)N1CCC[C@@H]1[C@@H](CC)c1ccccc1. The first-order valence-corrected chi connectivity index (χ1v) is 11.0. The predicted molar refractivity (Wildman–Crippen MR) is 102 cm³/mol. The number of hydrogen-bond donors (Lipinski definition) is 1. The molecule has 1 N–H and O–H groups in total. The maximum atomic E-state index is 12.7. The Morgan fingerprint density at radius 2 is 2.04 bits per heavy atom. The van der Waals surface area contributed by atoms with E-state index in [1.807, 2.05) is 30.0 Å². The van der Waals surface area contributed by atoms with Gasteiger partial charge in [0.2, 0.25) is 15.9 Å². The number of nitrogens with zero attached hydrogens (tertiary/aromatic N) is 1. The number of rotatable bonds is 10. The molecule has 2 atom stereocenters. The van der Waals surface area contributed by atoms with Crippen molar-refractivity contribution in [2.75, 3.05) is 32.1 Å². The summed E-state index contributed by atoms with van der Waals surface area (Å²) in [4.78, 5) is 14.5. The van der Waals surface area contributed by atoms with Gasteiger partial charge >= 0.3 is 0 Å². The zero-order valence-corrected chi connectivity index (χ0v) is 16.5. The molecule has 2 rings (SSSR count). The summed E-state index contributed by atoms with van der Waals surface area (Å²) in [5.41, 5.74) is 1.23. The van der Waals surface area contributed by atoms with Crippen molar-refractivity contribution in [2.45, 2.75) is 45.1 Å². The lowest BCUT2D eigenvalue weighted by atomic mass is 9.87. The highest BCUT2D eigenvalue weighted by Crippen LogP contribution is 2.33. The summed E-state index contributed by atoms with van der Waals surface area (Å²) in [7, 11) is -3.50. The molecule has 1 saturated heterocycles. The zero-order valence-electron chi connectivity index (χ0n) is 15.7. The van der Waals surface area contributed by atoms with Gasteiger partial charge in [-0.3, -0.25) is 4.79 Å². The molecule has 0 aliphatic carbocycles. The van der Waals surface area contributed by atoms with Crippen molar-refractivity contribution in [3.8, 4) is 0 Å². The summed E-state index contributed by atoms with van der Waals surface area (Å²) in [6.07, 6.45) is 2.85. The first kappa shape index (κ1) is 20.9. The maximum Gasteiger partial charge on any atom is 0.237 e. The topological polar surface area (TPSA) is 75.7 Å². The zero-order chi connectivity index (χ0) is 19.0. The van der Waals surface area contributed by atoms with Gasteiger partial charge in [-0.15, -0.1) is 0 Å². The van der Waals surface area contributed by atoms with E-state index in [0.29, 0.717) is 13.2 Å². The molecule has 1 amide bonds. The second kappa shape index (κ2) is 10.0. The minimum Gasteiger partial charge on any atom is -0.381 e. The fraction of sp³-hybridized carbons (Fsp3) is 0.632. The largest absolute Gasteiger partial charge is 0.381 e. The third-order valence-corrected chi connectivity index (χ3v) is 6.18. The second-order valence-electron chi connectivity index (χ2n) is 6.56. The Kier molecular flexibility index (Phi) is 8.06. The summed E-state index contributed by atoms with van der Waals surface area (Å²) in [5.74, 6) is -0.00170. The standard InChI is InChI=1S/C19H30N2O4S/c1-3-17(16-9-6-5-7-10-16)18-11-8-12-21(18)19(22)15-20-26(23,24)14-13-25-4-2/h5-7,9-10,17-18,20H,3-4,8,11-15H2,1-2H3/t17-,18+/m0/s1. The van der Waals surface area contributed by atoms with Crippen LogP contribution in [0.4, 0.5) is 0 Å². The predicted octanol–water partition coefficient (Wildman–Crippen LogP) is 2.13. The lowest BCUT2D eigenvalue weighted by Gasteiger charge is -2.31. The molecule has 0 bridgehead atoms. The highest BCUT2D eigenvalue weighted by atomic mass is 32.2. The average Bonchev–Trinajstić information content (AvgIpc) is 3.11. The highest BCUT2D eigenvalue weighted by Gasteiger charge is 2.34. The van der Waals surface area contributed by atoms with Crippen LogP contribution in [-0.2, 0) is 19.6 Å². The van der Waals surface area contributed by atoms with Crippen molar-refractivity contribution in [2.24, 2.45) is 0 Å². The van der Waals surface area contributed by atoms with Crippen LogP contribution in [0.1, 0.15) is 44.6 Å². The van der Waals surface area contributed by atoms with Crippen molar-refractivity contribution in [1.82, 2.24) is 9.62 Å². The van der Waals surface area contributed by atoms with E-state index in [4.69, 9.17) is 4.74 Å². The molecule has 6 nitrogen and oxygen atoms in total. The average molecular weight is 383 g/mol. The van der Waals surface area contributed by atoms with Crippen LogP contribution in [0.15, 0.2) is 30.3 Å². The minimum atomic E-state index is -3.50. The van der Waals surface area contributed by atoms with Crippen LogP contribution in [-0.4, -0.2) is 57.3 Å². The van der Waals surface area contributed by atoms with Gasteiger partial charge in [-0.2, -0.15) is 0 Å². The van der Waals surface area contributed by atoms with E-state index in [-0.39, 0.29) is 36.8 Å². The van der Waals surface area contributed by atoms with Crippen LogP contribution >= 0.6 is 0 Å². The van der Waals surface area contributed by atoms with Crippen molar-refractivity contribution < 1.29 is 17.9 Å². The molecule has 1 heterocycles. The smallest absolute Gasteiger partial charge is 0.237 e. The molecular weight excluding hydrogens is 352 g/mol. The molecule has 26 heavy (non-hydrogen) atoms. The van der Waals surface area contributed by atoms with Gasteiger partial charge in [-0.05, 0) is 31.7 Å². The van der Waals surface area contributed by atoms with Gasteiger partial charge < -0.3 is 9.64 Å². The molecule has 7 heteroatoms. The molecule has 1 fully saturated rings. The van der Waals surface area contributed by atoms with E-state index in [9.17, 15) is 13.2 Å². The van der Waals surface area contributed by atoms with Crippen LogP contribution in [0, 0.1) is 0 Å². The van der Waals surface area contributed by atoms with Crippen molar-refractivity contribution >= 4 is 15.9 Å². The Labute approximate surface area is 157 Å². The number of benzene rings is 1. The van der Waals surface area contributed by atoms with Crippen molar-refractivity contribution in [3.63, 3.8) is 0 Å². The lowest BCUT2D eigenvalue weighted by molar-refractivity contribution is -0.131. The van der Waals surface area contributed by atoms with Crippen molar-refractivity contribution in [3.05, 3.63) is 35.9 Å². The fourth-order valence-electron chi connectivity index (χ4n) is 3.61. The van der Waals surface area contributed by atoms with E-state index in [2.05, 4.69) is 23.8 Å². The maximum absolute atomic E-state index is 12.7. The fourth-order valence-corrected chi connectivity index (χ4v) is 4.43. The number of nitrogens with one attached hydrogen (secondary N) is 1. The lowest BCUT2D eigenvalue weighted by Crippen LogP contribution is -2.45. The second-order valence-corrected chi connectivity index (χ2v) is 8.49. The van der Waals surface area contributed by atoms with Gasteiger partial charge in [0.25, 0.3) is 0 Å². The summed E-state index contributed by atoms with van der Waals surface area (Å²) in [5, 5.41) is 0. The Balaban J connectivity index is 1.97. The Morgan fingerprint density at radius 1 is 1.31 bits per heavy atom. The summed E-state index contributed by atoms with van der Waals surface area (Å²) >= 11 is 0. The summed E-state index contributed by atoms with van der Waals surface area (Å²) < 4.78 is 31.4. The van der Waals surface area contributed by atoms with Crippen LogP contribution in [0.5, 0.6) is 0 Å². The molecular formula is C19H30N2O4S. The molecule has 1 aromatic rings. The minimum absolute atomic E-state index is 0.126. The Bertz CT molecular complexity index is 663. The molecule has 0 saturated carbocycles. The number of ether oxygens (including phenoxy) is 1. The van der Waals surface area contributed by atoms with Gasteiger partial charge in [0, 0.05) is 25.1 Å². The Morgan fingerprint density at radius 3 is 2.69 bits per heavy atom. The molecule has 0 unspecified atom stereocenters. The molecule has 0 radical (unpaired) electrons. The molecule has 146 valence electrons. The summed E-state index contributed by atoms with van der Waals surface area (Å²) in [6.45, 7) is 5.06. The van der Waals surface area contributed by atoms with Crippen LogP contribution in [0.3, 0.4) is 0 Å². The monoisotopic (exact) mass is 382 g/mol.